The van der Waals surface area contributed by atoms with E-state index in [0.29, 0.717) is 28.8 Å². The molecule has 0 radical (unpaired) electrons. The minimum Gasteiger partial charge on any atom is -0.449 e. The summed E-state index contributed by atoms with van der Waals surface area (Å²) in [6.45, 7) is 0. The number of hydrogen-bond acceptors (Lipinski definition) is 6. The maximum absolute atomic E-state index is 6.72. The molecule has 0 N–H and O–H groups in total. The standard InChI is InChI=1S/C52H32N4O2/c1-3-11-33(12-4-1)34-19-21-37(22-20-34)46-32-47(56-52(55-46)38-15-5-2-6-16-38)39-25-28-48-49(29-39)58-51-31-41(45-27-24-36-14-8-10-18-43(36)54-45)40(30-50(51)57-48)44-26-23-35-13-7-9-17-42(35)53-44/h1-32H. The zero-order valence-corrected chi connectivity index (χ0v) is 31.1. The molecule has 0 amide bonds. The lowest BCUT2D eigenvalue weighted by Gasteiger charge is -2.23. The van der Waals surface area contributed by atoms with Gasteiger partial charge in [0.1, 0.15) is 0 Å². The maximum atomic E-state index is 6.72. The van der Waals surface area contributed by atoms with Crippen molar-refractivity contribution in [3.8, 4) is 90.5 Å². The first-order valence-electron chi connectivity index (χ1n) is 19.2. The van der Waals surface area contributed by atoms with Crippen LogP contribution in [0.4, 0.5) is 0 Å². The normalized spacial score (nSPS) is 11.7. The van der Waals surface area contributed by atoms with Crippen LogP contribution in [0.25, 0.3) is 89.4 Å². The smallest absolute Gasteiger partial charge is 0.170 e. The monoisotopic (exact) mass is 744 g/mol. The third-order valence-corrected chi connectivity index (χ3v) is 10.6. The predicted octanol–water partition coefficient (Wildman–Crippen LogP) is 13.5. The molecular weight excluding hydrogens is 713 g/mol. The molecule has 6 heteroatoms. The highest BCUT2D eigenvalue weighted by Crippen LogP contribution is 2.50. The summed E-state index contributed by atoms with van der Waals surface area (Å²) < 4.78 is 13.3. The minimum absolute atomic E-state index is 0.589. The average Bonchev–Trinajstić information content (AvgIpc) is 3.30. The largest absolute Gasteiger partial charge is 0.449 e. The molecule has 0 atom stereocenters. The van der Waals surface area contributed by atoms with Crippen LogP contribution < -0.4 is 9.47 Å². The first kappa shape index (κ1) is 33.4. The summed E-state index contributed by atoms with van der Waals surface area (Å²) in [5.74, 6) is 3.03. The van der Waals surface area contributed by atoms with Crippen molar-refractivity contribution in [2.24, 2.45) is 0 Å². The van der Waals surface area contributed by atoms with Gasteiger partial charge >= 0.3 is 0 Å². The molecule has 1 aliphatic rings. The van der Waals surface area contributed by atoms with E-state index in [4.69, 9.17) is 29.4 Å². The van der Waals surface area contributed by atoms with Gasteiger partial charge < -0.3 is 9.47 Å². The molecular formula is C52H32N4O2. The lowest BCUT2D eigenvalue weighted by atomic mass is 9.98. The van der Waals surface area contributed by atoms with E-state index in [-0.39, 0.29) is 0 Å². The van der Waals surface area contributed by atoms with Crippen LogP contribution in [0.1, 0.15) is 0 Å². The van der Waals surface area contributed by atoms with Crippen molar-refractivity contribution in [3.63, 3.8) is 0 Å². The Morgan fingerprint density at radius 3 is 1.36 bits per heavy atom. The Balaban J connectivity index is 0.997. The molecule has 10 aromatic rings. The van der Waals surface area contributed by atoms with E-state index in [1.54, 1.807) is 0 Å². The SMILES string of the molecule is c1ccc(-c2ccc(-c3cc(-c4ccc5c(c4)Oc4cc(-c6ccc7ccccc7n6)c(-c6ccc7ccccc7n6)cc4O5)nc(-c4ccccc4)n3)cc2)cc1. The van der Waals surface area contributed by atoms with E-state index in [2.05, 4.69) is 84.9 Å². The molecule has 58 heavy (non-hydrogen) atoms. The van der Waals surface area contributed by atoms with Crippen molar-refractivity contribution in [1.82, 2.24) is 19.9 Å². The van der Waals surface area contributed by atoms with Crippen LogP contribution in [-0.2, 0) is 0 Å². The average molecular weight is 745 g/mol. The number of fused-ring (bicyclic) bond motifs is 4. The molecule has 7 aromatic carbocycles. The van der Waals surface area contributed by atoms with Crippen LogP contribution in [0.2, 0.25) is 0 Å². The highest BCUT2D eigenvalue weighted by atomic mass is 16.6. The molecule has 0 aliphatic carbocycles. The lowest BCUT2D eigenvalue weighted by molar-refractivity contribution is 0.360. The molecule has 0 fully saturated rings. The molecule has 3 aromatic heterocycles. The van der Waals surface area contributed by atoms with Gasteiger partial charge in [0.05, 0.1) is 33.8 Å². The number of rotatable bonds is 6. The molecule has 0 bridgehead atoms. The van der Waals surface area contributed by atoms with E-state index >= 15 is 0 Å². The minimum atomic E-state index is 0.589. The predicted molar refractivity (Wildman–Crippen MR) is 232 cm³/mol. The van der Waals surface area contributed by atoms with Gasteiger partial charge in [0.25, 0.3) is 0 Å². The highest BCUT2D eigenvalue weighted by molar-refractivity contribution is 5.90. The Labute approximate surface area is 334 Å². The highest BCUT2D eigenvalue weighted by Gasteiger charge is 2.25. The fraction of sp³-hybridized carbons (Fsp3) is 0. The summed E-state index contributed by atoms with van der Waals surface area (Å²) in [4.78, 5) is 20.3. The van der Waals surface area contributed by atoms with Crippen molar-refractivity contribution in [2.75, 3.05) is 0 Å². The second kappa shape index (κ2) is 14.0. The molecule has 0 saturated carbocycles. The Morgan fingerprint density at radius 1 is 0.276 bits per heavy atom. The van der Waals surface area contributed by atoms with Gasteiger partial charge in [-0.25, -0.2) is 19.9 Å². The number of pyridine rings is 2. The number of aromatic nitrogens is 4. The van der Waals surface area contributed by atoms with Crippen molar-refractivity contribution in [1.29, 1.82) is 0 Å². The van der Waals surface area contributed by atoms with Crippen LogP contribution in [0.3, 0.4) is 0 Å². The second-order valence-electron chi connectivity index (χ2n) is 14.3. The summed E-state index contributed by atoms with van der Waals surface area (Å²) in [5, 5.41) is 2.15. The first-order valence-corrected chi connectivity index (χ1v) is 19.2. The Morgan fingerprint density at radius 2 is 0.741 bits per heavy atom. The Bertz CT molecular complexity index is 3170. The number of ether oxygens (including phenoxy) is 2. The van der Waals surface area contributed by atoms with Crippen LogP contribution in [0.15, 0.2) is 194 Å². The second-order valence-corrected chi connectivity index (χ2v) is 14.3. The summed E-state index contributed by atoms with van der Waals surface area (Å²) in [7, 11) is 0. The van der Waals surface area contributed by atoms with Gasteiger partial charge in [-0.05, 0) is 71.8 Å². The van der Waals surface area contributed by atoms with Crippen LogP contribution in [-0.4, -0.2) is 19.9 Å². The van der Waals surface area contributed by atoms with Crippen molar-refractivity contribution >= 4 is 21.8 Å². The Kier molecular flexibility index (Phi) is 8.04. The van der Waals surface area contributed by atoms with Gasteiger partial charge in [0.15, 0.2) is 28.8 Å². The van der Waals surface area contributed by atoms with E-state index in [0.717, 1.165) is 78.0 Å². The third kappa shape index (κ3) is 6.19. The zero-order chi connectivity index (χ0) is 38.4. The fourth-order valence-corrected chi connectivity index (χ4v) is 7.57. The van der Waals surface area contributed by atoms with Crippen molar-refractivity contribution < 1.29 is 9.47 Å². The summed E-state index contributed by atoms with van der Waals surface area (Å²) in [6.07, 6.45) is 0. The van der Waals surface area contributed by atoms with Gasteiger partial charge in [-0.1, -0.05) is 133 Å². The van der Waals surface area contributed by atoms with E-state index in [9.17, 15) is 0 Å². The Hall–Kier alpha value is -7.96. The quantitative estimate of drug-likeness (QED) is 0.169. The molecule has 0 unspecified atom stereocenters. The van der Waals surface area contributed by atoms with Crippen LogP contribution in [0, 0.1) is 0 Å². The number of hydrogen-bond donors (Lipinski definition) is 0. The van der Waals surface area contributed by atoms with Crippen molar-refractivity contribution in [2.45, 2.75) is 0 Å². The fourth-order valence-electron chi connectivity index (χ4n) is 7.57. The molecule has 1 aliphatic heterocycles. The van der Waals surface area contributed by atoms with Crippen molar-refractivity contribution in [3.05, 3.63) is 194 Å². The first-order chi connectivity index (χ1) is 28.7. The summed E-state index contributed by atoms with van der Waals surface area (Å²) in [5.41, 5.74) is 12.0. The van der Waals surface area contributed by atoms with Crippen LogP contribution in [0.5, 0.6) is 23.0 Å². The van der Waals surface area contributed by atoms with E-state index in [1.807, 2.05) is 109 Å². The summed E-state index contributed by atoms with van der Waals surface area (Å²) in [6, 6.07) is 65.6. The molecule has 272 valence electrons. The molecule has 6 nitrogen and oxygen atoms in total. The number of nitrogens with zero attached hydrogens (tertiary/aromatic N) is 4. The van der Waals surface area contributed by atoms with Crippen LogP contribution >= 0.6 is 0 Å². The molecule has 4 heterocycles. The topological polar surface area (TPSA) is 70.0 Å². The van der Waals surface area contributed by atoms with Gasteiger partial charge in [0, 0.05) is 38.6 Å². The molecule has 0 spiro atoms. The number of benzene rings is 7. The summed E-state index contributed by atoms with van der Waals surface area (Å²) >= 11 is 0. The number of para-hydroxylation sites is 2. The van der Waals surface area contributed by atoms with E-state index < -0.39 is 0 Å². The van der Waals surface area contributed by atoms with Gasteiger partial charge in [0.2, 0.25) is 0 Å². The molecule has 0 saturated heterocycles. The zero-order valence-electron chi connectivity index (χ0n) is 31.1. The van der Waals surface area contributed by atoms with Gasteiger partial charge in [-0.15, -0.1) is 0 Å². The van der Waals surface area contributed by atoms with Gasteiger partial charge in [-0.3, -0.25) is 0 Å². The van der Waals surface area contributed by atoms with Gasteiger partial charge in [-0.2, -0.15) is 0 Å². The third-order valence-electron chi connectivity index (χ3n) is 10.6. The molecule has 11 rings (SSSR count). The lowest BCUT2D eigenvalue weighted by Crippen LogP contribution is -2.02. The maximum Gasteiger partial charge on any atom is 0.170 e. The van der Waals surface area contributed by atoms with E-state index in [1.165, 1.54) is 5.56 Å².